The zero-order valence-corrected chi connectivity index (χ0v) is 12.3. The Morgan fingerprint density at radius 3 is 2.62 bits per heavy atom. The van der Waals surface area contributed by atoms with Gasteiger partial charge in [0.1, 0.15) is 12.2 Å². The van der Waals surface area contributed by atoms with Crippen molar-refractivity contribution in [2.45, 2.75) is 6.61 Å². The molecule has 1 aromatic heterocycles. The third kappa shape index (κ3) is 3.00. The molecule has 0 spiro atoms. The molecule has 7 heteroatoms. The van der Waals surface area contributed by atoms with Gasteiger partial charge in [-0.2, -0.15) is 0 Å². The first-order valence-corrected chi connectivity index (χ1v) is 6.98. The van der Waals surface area contributed by atoms with Crippen LogP contribution in [0.3, 0.4) is 0 Å². The summed E-state index contributed by atoms with van der Waals surface area (Å²) < 4.78 is 10.4. The number of ether oxygens (including phenoxy) is 1. The average molecular weight is 325 g/mol. The second kappa shape index (κ2) is 6.33. The maximum absolute atomic E-state index is 12.1. The number of para-hydroxylation sites is 2. The summed E-state index contributed by atoms with van der Waals surface area (Å²) in [5, 5.41) is 11.3. The number of carbonyl (C=O) groups excluding carboxylic acids is 1. The number of nitro benzene ring substituents is 1. The van der Waals surface area contributed by atoms with Crippen molar-refractivity contribution >= 4 is 22.6 Å². The van der Waals surface area contributed by atoms with Crippen LogP contribution in [0, 0.1) is 10.1 Å². The number of benzene rings is 2. The summed E-state index contributed by atoms with van der Waals surface area (Å²) in [5.74, 6) is -1.12. The second-order valence-electron chi connectivity index (χ2n) is 4.93. The Bertz CT molecular complexity index is 992. The fraction of sp³-hybridized carbons (Fsp3) is 0.0588. The van der Waals surface area contributed by atoms with E-state index in [4.69, 9.17) is 9.15 Å². The van der Waals surface area contributed by atoms with Crippen molar-refractivity contribution in [2.75, 3.05) is 0 Å². The van der Waals surface area contributed by atoms with Crippen LogP contribution in [-0.4, -0.2) is 10.9 Å². The van der Waals surface area contributed by atoms with Crippen LogP contribution in [0.2, 0.25) is 0 Å². The fourth-order valence-electron chi connectivity index (χ4n) is 2.23. The van der Waals surface area contributed by atoms with Gasteiger partial charge in [-0.1, -0.05) is 24.3 Å². The minimum Gasteiger partial charge on any atom is -0.455 e. The average Bonchev–Trinajstić information content (AvgIpc) is 2.59. The number of nitro groups is 1. The fourth-order valence-corrected chi connectivity index (χ4v) is 2.23. The normalized spacial score (nSPS) is 10.5. The standard InChI is InChI=1S/C17H11NO6/c19-14-9-16(24-15-8-4-2-6-12(14)15)17(20)23-10-11-5-1-3-7-13(11)18(21)22/h1-9H,10H2. The molecule has 0 saturated heterocycles. The SMILES string of the molecule is O=C(OCc1ccccc1[N+](=O)[O-])c1cc(=O)c2ccccc2o1. The highest BCUT2D eigenvalue weighted by Crippen LogP contribution is 2.19. The largest absolute Gasteiger partial charge is 0.455 e. The molecule has 0 saturated carbocycles. The molecule has 0 radical (unpaired) electrons. The van der Waals surface area contributed by atoms with Crippen molar-refractivity contribution < 1.29 is 18.9 Å². The minimum atomic E-state index is -0.865. The Labute approximate surface area is 135 Å². The molecular weight excluding hydrogens is 314 g/mol. The molecule has 0 unspecified atom stereocenters. The molecule has 0 amide bonds. The van der Waals surface area contributed by atoms with E-state index in [2.05, 4.69) is 0 Å². The smallest absolute Gasteiger partial charge is 0.374 e. The number of nitrogens with zero attached hydrogens (tertiary/aromatic N) is 1. The predicted octanol–water partition coefficient (Wildman–Crippen LogP) is 3.06. The molecule has 0 aliphatic rings. The van der Waals surface area contributed by atoms with Crippen molar-refractivity contribution in [3.8, 4) is 0 Å². The lowest BCUT2D eigenvalue weighted by Gasteiger charge is -2.05. The molecule has 2 aromatic carbocycles. The van der Waals surface area contributed by atoms with E-state index >= 15 is 0 Å². The van der Waals surface area contributed by atoms with Crippen LogP contribution in [0.4, 0.5) is 5.69 Å². The van der Waals surface area contributed by atoms with Gasteiger partial charge in [-0.05, 0) is 18.2 Å². The topological polar surface area (TPSA) is 99.6 Å². The molecule has 0 aliphatic carbocycles. The van der Waals surface area contributed by atoms with Crippen molar-refractivity contribution in [3.05, 3.63) is 86.3 Å². The van der Waals surface area contributed by atoms with Crippen LogP contribution in [-0.2, 0) is 11.3 Å². The lowest BCUT2D eigenvalue weighted by Crippen LogP contribution is -2.10. The van der Waals surface area contributed by atoms with E-state index in [-0.39, 0.29) is 34.6 Å². The highest BCUT2D eigenvalue weighted by atomic mass is 16.6. The molecule has 1 heterocycles. The number of rotatable bonds is 4. The Hall–Kier alpha value is -3.48. The van der Waals surface area contributed by atoms with Crippen LogP contribution in [0.5, 0.6) is 0 Å². The Morgan fingerprint density at radius 2 is 1.83 bits per heavy atom. The van der Waals surface area contributed by atoms with Gasteiger partial charge in [0.15, 0.2) is 5.43 Å². The molecule has 3 aromatic rings. The van der Waals surface area contributed by atoms with Gasteiger partial charge in [0, 0.05) is 12.1 Å². The van der Waals surface area contributed by atoms with E-state index in [0.29, 0.717) is 5.39 Å². The lowest BCUT2D eigenvalue weighted by molar-refractivity contribution is -0.385. The maximum atomic E-state index is 12.1. The summed E-state index contributed by atoms with van der Waals surface area (Å²) in [6.07, 6.45) is 0. The maximum Gasteiger partial charge on any atom is 0.374 e. The Morgan fingerprint density at radius 1 is 1.12 bits per heavy atom. The highest BCUT2D eigenvalue weighted by molar-refractivity contribution is 5.88. The van der Waals surface area contributed by atoms with E-state index in [0.717, 1.165) is 6.07 Å². The molecule has 3 rings (SSSR count). The first kappa shape index (κ1) is 15.4. The number of hydrogen-bond acceptors (Lipinski definition) is 6. The van der Waals surface area contributed by atoms with Crippen LogP contribution >= 0.6 is 0 Å². The summed E-state index contributed by atoms with van der Waals surface area (Å²) in [6, 6.07) is 13.5. The van der Waals surface area contributed by atoms with Crippen molar-refractivity contribution in [2.24, 2.45) is 0 Å². The molecule has 0 N–H and O–H groups in total. The van der Waals surface area contributed by atoms with Crippen LogP contribution < -0.4 is 5.43 Å². The van der Waals surface area contributed by atoms with E-state index in [1.165, 1.54) is 18.2 Å². The van der Waals surface area contributed by atoms with Crippen molar-refractivity contribution in [1.29, 1.82) is 0 Å². The first-order valence-electron chi connectivity index (χ1n) is 6.98. The van der Waals surface area contributed by atoms with E-state index in [1.54, 1.807) is 30.3 Å². The number of esters is 1. The predicted molar refractivity (Wildman–Crippen MR) is 84.7 cm³/mol. The molecule has 0 fully saturated rings. The molecule has 120 valence electrons. The monoisotopic (exact) mass is 325 g/mol. The van der Waals surface area contributed by atoms with Crippen LogP contribution in [0.1, 0.15) is 16.1 Å². The number of hydrogen-bond donors (Lipinski definition) is 0. The summed E-state index contributed by atoms with van der Waals surface area (Å²) in [6.45, 7) is -0.299. The van der Waals surface area contributed by atoms with Gasteiger partial charge in [-0.25, -0.2) is 4.79 Å². The summed E-state index contributed by atoms with van der Waals surface area (Å²) in [5.41, 5.74) is 0.00128. The van der Waals surface area contributed by atoms with Gasteiger partial charge in [0.25, 0.3) is 5.69 Å². The first-order chi connectivity index (χ1) is 11.6. The molecule has 0 aliphatic heterocycles. The second-order valence-corrected chi connectivity index (χ2v) is 4.93. The molecule has 0 bridgehead atoms. The lowest BCUT2D eigenvalue weighted by atomic mass is 10.2. The minimum absolute atomic E-state index is 0.148. The summed E-state index contributed by atoms with van der Waals surface area (Å²) >= 11 is 0. The summed E-state index contributed by atoms with van der Waals surface area (Å²) in [7, 11) is 0. The van der Waals surface area contributed by atoms with E-state index in [1.807, 2.05) is 0 Å². The quantitative estimate of drug-likeness (QED) is 0.415. The van der Waals surface area contributed by atoms with Gasteiger partial charge in [-0.15, -0.1) is 0 Å². The zero-order valence-electron chi connectivity index (χ0n) is 12.3. The summed E-state index contributed by atoms with van der Waals surface area (Å²) in [4.78, 5) is 34.4. The van der Waals surface area contributed by atoms with Gasteiger partial charge in [0.2, 0.25) is 5.76 Å². The van der Waals surface area contributed by atoms with Crippen molar-refractivity contribution in [3.63, 3.8) is 0 Å². The van der Waals surface area contributed by atoms with E-state index < -0.39 is 10.9 Å². The van der Waals surface area contributed by atoms with Crippen LogP contribution in [0.15, 0.2) is 63.8 Å². The van der Waals surface area contributed by atoms with Crippen molar-refractivity contribution in [1.82, 2.24) is 0 Å². The molecular formula is C17H11NO6. The Balaban J connectivity index is 1.84. The number of fused-ring (bicyclic) bond motifs is 1. The third-order valence-electron chi connectivity index (χ3n) is 3.38. The Kier molecular flexibility index (Phi) is 4.07. The van der Waals surface area contributed by atoms with Gasteiger partial charge >= 0.3 is 5.97 Å². The third-order valence-corrected chi connectivity index (χ3v) is 3.38. The highest BCUT2D eigenvalue weighted by Gasteiger charge is 2.17. The van der Waals surface area contributed by atoms with Gasteiger partial charge in [-0.3, -0.25) is 14.9 Å². The molecule has 7 nitrogen and oxygen atoms in total. The van der Waals surface area contributed by atoms with Gasteiger partial charge in [0.05, 0.1) is 15.9 Å². The molecule has 0 atom stereocenters. The number of carbonyl (C=O) groups is 1. The van der Waals surface area contributed by atoms with Crippen LogP contribution in [0.25, 0.3) is 11.0 Å². The van der Waals surface area contributed by atoms with Gasteiger partial charge < -0.3 is 9.15 Å². The van der Waals surface area contributed by atoms with E-state index in [9.17, 15) is 19.7 Å². The molecule has 24 heavy (non-hydrogen) atoms. The zero-order chi connectivity index (χ0) is 17.1.